The van der Waals surface area contributed by atoms with Gasteiger partial charge in [-0.1, -0.05) is 60.2 Å². The number of carbonyl (C=O) groups is 6. The lowest BCUT2D eigenvalue weighted by molar-refractivity contribution is -0.609. The SMILES string of the molecule is COc1cc(Cn2nc3[n+](c2C)-c2sc(C)c(C)c2C(c2ccccc2)=N[C@H]3CC(=O)OC(C)(C)C)ccc1OC(=O)CCOCCOCCn1cc(CN(CCC(=O)NCCO)C(=O)CCCCCN2C(=O)[C@@H]3[C@H](C2=O)[C@H]2C=C[C@@H]3C2)nn1. The van der Waals surface area contributed by atoms with Crippen LogP contribution in [0.15, 0.2) is 71.9 Å². The van der Waals surface area contributed by atoms with E-state index < -0.39 is 17.6 Å². The number of aliphatic imine (C=N–C) groups is 1. The third kappa shape index (κ3) is 14.5. The van der Waals surface area contributed by atoms with Crippen LogP contribution in [0.1, 0.15) is 123 Å². The van der Waals surface area contributed by atoms with Crippen LogP contribution in [0.25, 0.3) is 5.00 Å². The second kappa shape index (κ2) is 27.5. The normalized spacial score (nSPS) is 18.5. The Kier molecular flexibility index (Phi) is 20.0. The summed E-state index contributed by atoms with van der Waals surface area (Å²) in [5, 5.41) is 26.3. The number of hydrogen-bond donors (Lipinski definition) is 2. The summed E-state index contributed by atoms with van der Waals surface area (Å²) in [7, 11) is 1.51. The van der Waals surface area contributed by atoms with Gasteiger partial charge in [-0.3, -0.25) is 38.7 Å². The number of ether oxygens (including phenoxy) is 5. The number of nitrogens with one attached hydrogen (secondary N) is 1. The summed E-state index contributed by atoms with van der Waals surface area (Å²) in [4.78, 5) is 88.0. The van der Waals surface area contributed by atoms with Gasteiger partial charge in [0.25, 0.3) is 0 Å². The molecule has 23 heteroatoms. The van der Waals surface area contributed by atoms with E-state index in [0.717, 1.165) is 50.1 Å². The zero-order valence-corrected chi connectivity index (χ0v) is 49.9. The van der Waals surface area contributed by atoms with Gasteiger partial charge < -0.3 is 39.0 Å². The molecule has 1 saturated heterocycles. The van der Waals surface area contributed by atoms with Crippen LogP contribution < -0.4 is 19.4 Å². The maximum absolute atomic E-state index is 13.5. The van der Waals surface area contributed by atoms with Crippen molar-refractivity contribution in [3.63, 3.8) is 0 Å². The average Bonchev–Trinajstić information content (AvgIpc) is 2.56. The van der Waals surface area contributed by atoms with Crippen LogP contribution in [-0.4, -0.2) is 146 Å². The number of esters is 2. The highest BCUT2D eigenvalue weighted by Crippen LogP contribution is 2.52. The standard InChI is InChI=1S/C61H76N10O12S/c1-38-39(2)84-60-53(38)56(42-14-10-8-11-15-42)63-46(34-52(76)83-61(4,5)6)57-65-70(40(3)71(57)60)35-41-17-20-47(48(32-41)79-7)82-51(75)22-28-80-30-31-81-29-26-68-37-45(64-66-68)36-67(25-21-49(73)62-23-27-72)50(74)16-12-9-13-24-69-58(77)54-43-18-19-44(33-43)55(54)59(69)78/h8,10-11,14-15,17-20,32,37,43-44,46,54-55,72H,9,12-13,16,21-31,33-36H2,1-7H3/p+1/t43-,44+,46-,54+,55-/m0/s1. The molecule has 9 rings (SSSR count). The third-order valence-corrected chi connectivity index (χ3v) is 16.8. The van der Waals surface area contributed by atoms with Crippen molar-refractivity contribution in [1.29, 1.82) is 0 Å². The first-order valence-corrected chi connectivity index (χ1v) is 29.8. The zero-order valence-electron chi connectivity index (χ0n) is 49.0. The van der Waals surface area contributed by atoms with Crippen LogP contribution in [0.2, 0.25) is 0 Å². The second-order valence-electron chi connectivity index (χ2n) is 22.7. The van der Waals surface area contributed by atoms with Crippen molar-refractivity contribution in [2.24, 2.45) is 28.7 Å². The summed E-state index contributed by atoms with van der Waals surface area (Å²) in [6, 6.07) is 14.7. The van der Waals surface area contributed by atoms with E-state index in [4.69, 9.17) is 38.9 Å². The van der Waals surface area contributed by atoms with Crippen LogP contribution in [0.3, 0.4) is 0 Å². The number of rotatable bonds is 29. The fourth-order valence-corrected chi connectivity index (χ4v) is 12.6. The number of imide groups is 1. The van der Waals surface area contributed by atoms with Gasteiger partial charge in [-0.15, -0.1) is 21.1 Å². The molecular weight excluding hydrogens is 1100 g/mol. The van der Waals surface area contributed by atoms with Crippen molar-refractivity contribution in [3.05, 3.63) is 111 Å². The van der Waals surface area contributed by atoms with Gasteiger partial charge in [0.15, 0.2) is 22.5 Å². The Hall–Kier alpha value is -7.47. The number of methoxy groups -OCH3 is 1. The number of thiophene rings is 1. The molecular formula is C61H77N10O12S+. The molecule has 5 heterocycles. The molecule has 0 spiro atoms. The number of unbranched alkanes of at least 4 members (excludes halogenated alkanes) is 2. The Bertz CT molecular complexity index is 3240. The Morgan fingerprint density at radius 2 is 1.61 bits per heavy atom. The monoisotopic (exact) mass is 1170 g/mol. The molecule has 0 unspecified atom stereocenters. The molecule has 2 fully saturated rings. The van der Waals surface area contributed by atoms with Gasteiger partial charge in [0.05, 0.1) is 95.4 Å². The number of aryl methyl sites for hydroxylation is 1. The molecule has 84 heavy (non-hydrogen) atoms. The van der Waals surface area contributed by atoms with Crippen LogP contribution in [-0.2, 0) is 62.6 Å². The molecule has 3 aromatic heterocycles. The van der Waals surface area contributed by atoms with Gasteiger partial charge in [0, 0.05) is 54.9 Å². The fourth-order valence-electron chi connectivity index (χ4n) is 11.4. The predicted octanol–water partition coefficient (Wildman–Crippen LogP) is 5.64. The van der Waals surface area contributed by atoms with E-state index in [-0.39, 0.29) is 131 Å². The summed E-state index contributed by atoms with van der Waals surface area (Å²) < 4.78 is 34.3. The zero-order chi connectivity index (χ0) is 59.7. The predicted molar refractivity (Wildman–Crippen MR) is 308 cm³/mol. The van der Waals surface area contributed by atoms with Gasteiger partial charge in [0.1, 0.15) is 17.8 Å². The van der Waals surface area contributed by atoms with E-state index in [1.165, 1.54) is 12.0 Å². The summed E-state index contributed by atoms with van der Waals surface area (Å²) in [6.45, 7) is 13.9. The summed E-state index contributed by atoms with van der Waals surface area (Å²) in [5.74, 6) is 0.528. The fraction of sp³-hybridized carbons (Fsp3) is 0.525. The lowest BCUT2D eigenvalue weighted by atomic mass is 9.85. The number of aromatic nitrogens is 6. The van der Waals surface area contributed by atoms with E-state index in [1.807, 2.05) is 74.8 Å². The highest BCUT2D eigenvalue weighted by atomic mass is 32.1. The molecule has 2 bridgehead atoms. The van der Waals surface area contributed by atoms with E-state index in [0.29, 0.717) is 62.8 Å². The van der Waals surface area contributed by atoms with E-state index in [9.17, 15) is 28.8 Å². The Morgan fingerprint density at radius 3 is 2.32 bits per heavy atom. The molecule has 0 radical (unpaired) electrons. The average molecular weight is 1170 g/mol. The summed E-state index contributed by atoms with van der Waals surface area (Å²) in [5.41, 5.74) is 4.56. The lowest BCUT2D eigenvalue weighted by Crippen LogP contribution is -2.38. The highest BCUT2D eigenvalue weighted by molar-refractivity contribution is 7.14. The van der Waals surface area contributed by atoms with Gasteiger partial charge in [0.2, 0.25) is 29.5 Å². The minimum atomic E-state index is -0.677. The number of fused-ring (bicyclic) bond motifs is 8. The number of aliphatic hydroxyl groups excluding tert-OH is 1. The molecule has 4 amide bonds. The second-order valence-corrected chi connectivity index (χ2v) is 23.9. The minimum Gasteiger partial charge on any atom is -0.493 e. The summed E-state index contributed by atoms with van der Waals surface area (Å²) in [6.07, 6.45) is 8.82. The van der Waals surface area contributed by atoms with Crippen molar-refractivity contribution in [2.45, 2.75) is 124 Å². The van der Waals surface area contributed by atoms with Gasteiger partial charge >= 0.3 is 17.8 Å². The van der Waals surface area contributed by atoms with Crippen molar-refractivity contribution in [2.75, 3.05) is 59.8 Å². The molecule has 2 aliphatic carbocycles. The highest BCUT2D eigenvalue weighted by Gasteiger charge is 2.59. The number of allylic oxidation sites excluding steroid dienone is 2. The number of carbonyl (C=O) groups excluding carboxylic acids is 6. The smallest absolute Gasteiger partial charge is 0.313 e. The quantitative estimate of drug-likeness (QED) is 0.0147. The van der Waals surface area contributed by atoms with E-state index in [1.54, 1.807) is 33.2 Å². The Morgan fingerprint density at radius 1 is 0.869 bits per heavy atom. The maximum atomic E-state index is 13.5. The molecule has 5 aromatic rings. The largest absolute Gasteiger partial charge is 0.493 e. The van der Waals surface area contributed by atoms with Gasteiger partial charge in [-0.2, -0.15) is 4.57 Å². The Labute approximate surface area is 493 Å². The van der Waals surface area contributed by atoms with Crippen LogP contribution >= 0.6 is 11.3 Å². The van der Waals surface area contributed by atoms with Crippen LogP contribution in [0.4, 0.5) is 0 Å². The minimum absolute atomic E-state index is 0.00838. The molecule has 5 atom stereocenters. The van der Waals surface area contributed by atoms with Crippen LogP contribution in [0.5, 0.6) is 11.5 Å². The van der Waals surface area contributed by atoms with E-state index in [2.05, 4.69) is 46.2 Å². The van der Waals surface area contributed by atoms with Gasteiger partial charge in [-0.05, 0) is 89.0 Å². The molecule has 22 nitrogen and oxygen atoms in total. The molecule has 1 saturated carbocycles. The number of amides is 4. The first-order valence-electron chi connectivity index (χ1n) is 29.0. The molecule has 4 aliphatic rings. The van der Waals surface area contributed by atoms with Crippen molar-refractivity contribution in [3.8, 4) is 16.5 Å². The van der Waals surface area contributed by atoms with Crippen molar-refractivity contribution in [1.82, 2.24) is 39.9 Å². The first kappa shape index (κ1) is 61.1. The number of aliphatic hydroxyl groups is 1. The van der Waals surface area contributed by atoms with E-state index >= 15 is 0 Å². The first-order chi connectivity index (χ1) is 40.4. The number of benzene rings is 2. The lowest BCUT2D eigenvalue weighted by Gasteiger charge is -2.22. The summed E-state index contributed by atoms with van der Waals surface area (Å²) >= 11 is 1.66. The Balaban J connectivity index is 0.713. The van der Waals surface area contributed by atoms with Crippen molar-refractivity contribution >= 4 is 52.6 Å². The molecule has 2 aromatic carbocycles. The molecule has 2 N–H and O–H groups in total. The van der Waals surface area contributed by atoms with Crippen LogP contribution in [0, 0.1) is 44.4 Å². The van der Waals surface area contributed by atoms with Gasteiger partial charge in [-0.25, -0.2) is 4.68 Å². The molecule has 448 valence electrons. The topological polar surface area (TPSA) is 252 Å². The number of nitrogens with zero attached hydrogens (tertiary/aromatic N) is 9. The number of likely N-dealkylation sites (tertiary alicyclic amines) is 1. The molecule has 2 aliphatic heterocycles. The third-order valence-electron chi connectivity index (χ3n) is 15.6. The van der Waals surface area contributed by atoms with Crippen molar-refractivity contribution < 1.29 is 62.1 Å². The maximum Gasteiger partial charge on any atom is 0.313 e. The number of hydrogen-bond acceptors (Lipinski definition) is 17.